The number of nitrogens with two attached hydrogens (primary N) is 1. The Morgan fingerprint density at radius 3 is 2.65 bits per heavy atom. The molecule has 5 heteroatoms. The molecule has 0 unspecified atom stereocenters. The van der Waals surface area contributed by atoms with Crippen molar-refractivity contribution in [2.45, 2.75) is 23.8 Å². The lowest BCUT2D eigenvalue weighted by Gasteiger charge is -2.30. The summed E-state index contributed by atoms with van der Waals surface area (Å²) in [5.41, 5.74) is 6.26. The van der Waals surface area contributed by atoms with E-state index >= 15 is 0 Å². The predicted molar refractivity (Wildman–Crippen MR) is 66.8 cm³/mol. The van der Waals surface area contributed by atoms with Crippen molar-refractivity contribution in [3.8, 4) is 0 Å². The molecular formula is C12H15FN2OS. The van der Waals surface area contributed by atoms with Gasteiger partial charge < -0.3 is 10.6 Å². The quantitative estimate of drug-likeness (QED) is 0.749. The highest BCUT2D eigenvalue weighted by molar-refractivity contribution is 7.80. The molecule has 0 radical (unpaired) electrons. The molecule has 2 rings (SSSR count). The summed E-state index contributed by atoms with van der Waals surface area (Å²) >= 11 is 3.97. The van der Waals surface area contributed by atoms with Crippen LogP contribution in [0.1, 0.15) is 23.2 Å². The molecule has 0 aliphatic carbocycles. The minimum Gasteiger partial charge on any atom is -0.339 e. The Labute approximate surface area is 105 Å². The minimum absolute atomic E-state index is 0.0767. The summed E-state index contributed by atoms with van der Waals surface area (Å²) in [5.74, 6) is -0.488. The first-order valence-corrected chi connectivity index (χ1v) is 6.06. The molecule has 92 valence electrons. The fraction of sp³-hybridized carbons (Fsp3) is 0.417. The third kappa shape index (κ3) is 2.79. The normalized spacial score (nSPS) is 17.2. The van der Waals surface area contributed by atoms with Crippen LogP contribution in [0.15, 0.2) is 23.1 Å². The number of nitrogens with zero attached hydrogens (tertiary/aromatic N) is 1. The van der Waals surface area contributed by atoms with Crippen LogP contribution in [0.25, 0.3) is 0 Å². The maximum Gasteiger partial charge on any atom is 0.253 e. The zero-order valence-electron chi connectivity index (χ0n) is 9.40. The van der Waals surface area contributed by atoms with Crippen LogP contribution in [0, 0.1) is 5.82 Å². The summed E-state index contributed by atoms with van der Waals surface area (Å²) in [6.45, 7) is 1.33. The molecule has 1 aromatic rings. The van der Waals surface area contributed by atoms with Gasteiger partial charge in [0.25, 0.3) is 5.91 Å². The Morgan fingerprint density at radius 1 is 1.41 bits per heavy atom. The van der Waals surface area contributed by atoms with E-state index in [0.29, 0.717) is 18.7 Å². The minimum atomic E-state index is -0.412. The van der Waals surface area contributed by atoms with Crippen LogP contribution in [0.4, 0.5) is 4.39 Å². The van der Waals surface area contributed by atoms with Gasteiger partial charge in [-0.1, -0.05) is 0 Å². The van der Waals surface area contributed by atoms with Gasteiger partial charge >= 0.3 is 0 Å². The number of likely N-dealkylation sites (tertiary alicyclic amines) is 1. The van der Waals surface area contributed by atoms with E-state index in [2.05, 4.69) is 12.6 Å². The van der Waals surface area contributed by atoms with Gasteiger partial charge in [-0.2, -0.15) is 0 Å². The number of halogens is 1. The molecule has 0 atom stereocenters. The summed E-state index contributed by atoms with van der Waals surface area (Å²) in [6, 6.07) is 4.42. The molecule has 1 aromatic carbocycles. The van der Waals surface area contributed by atoms with Gasteiger partial charge in [0.15, 0.2) is 0 Å². The average molecular weight is 254 g/mol. The van der Waals surface area contributed by atoms with Gasteiger partial charge in [0, 0.05) is 29.6 Å². The van der Waals surface area contributed by atoms with Crippen molar-refractivity contribution in [1.29, 1.82) is 0 Å². The van der Waals surface area contributed by atoms with Crippen LogP contribution >= 0.6 is 12.6 Å². The van der Waals surface area contributed by atoms with Crippen LogP contribution in [0.2, 0.25) is 0 Å². The first-order chi connectivity index (χ1) is 8.08. The molecule has 1 heterocycles. The second-order valence-corrected chi connectivity index (χ2v) is 4.78. The van der Waals surface area contributed by atoms with Crippen molar-refractivity contribution in [1.82, 2.24) is 4.90 Å². The molecule has 0 aromatic heterocycles. The molecule has 1 aliphatic heterocycles. The van der Waals surface area contributed by atoms with Crippen LogP contribution < -0.4 is 5.73 Å². The maximum atomic E-state index is 13.0. The van der Waals surface area contributed by atoms with Gasteiger partial charge in [0.1, 0.15) is 5.82 Å². The van der Waals surface area contributed by atoms with Crippen molar-refractivity contribution in [3.05, 3.63) is 29.6 Å². The van der Waals surface area contributed by atoms with E-state index in [1.165, 1.54) is 18.2 Å². The van der Waals surface area contributed by atoms with Gasteiger partial charge in [-0.25, -0.2) is 4.39 Å². The second-order valence-electron chi connectivity index (χ2n) is 4.30. The molecule has 0 saturated carbocycles. The Kier molecular flexibility index (Phi) is 3.69. The number of amides is 1. The number of carbonyl (C=O) groups excluding carboxylic acids is 1. The van der Waals surface area contributed by atoms with Gasteiger partial charge in [0.05, 0.1) is 0 Å². The molecule has 1 amide bonds. The summed E-state index contributed by atoms with van der Waals surface area (Å²) in [6.07, 6.45) is 1.64. The highest BCUT2D eigenvalue weighted by atomic mass is 32.1. The number of benzene rings is 1. The lowest BCUT2D eigenvalue weighted by atomic mass is 10.0. The highest BCUT2D eigenvalue weighted by Gasteiger charge is 2.21. The van der Waals surface area contributed by atoms with Crippen LogP contribution in [0.5, 0.6) is 0 Å². The Bertz CT molecular complexity index is 431. The maximum absolute atomic E-state index is 13.0. The number of hydrogen-bond donors (Lipinski definition) is 2. The Morgan fingerprint density at radius 2 is 2.06 bits per heavy atom. The molecule has 1 fully saturated rings. The molecule has 1 saturated heterocycles. The number of thiol groups is 1. The van der Waals surface area contributed by atoms with E-state index in [9.17, 15) is 9.18 Å². The molecule has 2 N–H and O–H groups in total. The van der Waals surface area contributed by atoms with Crippen molar-refractivity contribution in [2.75, 3.05) is 13.1 Å². The number of rotatable bonds is 1. The predicted octanol–water partition coefficient (Wildman–Crippen LogP) is 1.68. The topological polar surface area (TPSA) is 46.3 Å². The molecule has 0 spiro atoms. The molecule has 1 aliphatic rings. The lowest BCUT2D eigenvalue weighted by Crippen LogP contribution is -2.42. The summed E-state index contributed by atoms with van der Waals surface area (Å²) in [7, 11) is 0. The van der Waals surface area contributed by atoms with Crippen molar-refractivity contribution >= 4 is 18.5 Å². The van der Waals surface area contributed by atoms with E-state index in [1.807, 2.05) is 0 Å². The van der Waals surface area contributed by atoms with Crippen molar-refractivity contribution in [3.63, 3.8) is 0 Å². The monoisotopic (exact) mass is 254 g/mol. The fourth-order valence-corrected chi connectivity index (χ4v) is 2.14. The second kappa shape index (κ2) is 5.06. The van der Waals surface area contributed by atoms with Crippen LogP contribution in [0.3, 0.4) is 0 Å². The first kappa shape index (κ1) is 12.4. The van der Waals surface area contributed by atoms with Crippen LogP contribution in [-0.4, -0.2) is 29.9 Å². The third-order valence-corrected chi connectivity index (χ3v) is 3.36. The summed E-state index contributed by atoms with van der Waals surface area (Å²) < 4.78 is 13.0. The molecule has 0 bridgehead atoms. The third-order valence-electron chi connectivity index (χ3n) is 3.02. The van der Waals surface area contributed by atoms with E-state index in [1.54, 1.807) is 4.90 Å². The van der Waals surface area contributed by atoms with E-state index in [-0.39, 0.29) is 16.8 Å². The lowest BCUT2D eigenvalue weighted by molar-refractivity contribution is 0.0714. The SMILES string of the molecule is NC1CCN(C(=O)c2ccc(F)c(S)c2)CC1. The number of carbonyl (C=O) groups is 1. The van der Waals surface area contributed by atoms with Gasteiger partial charge in [-0.15, -0.1) is 12.6 Å². The Hall–Kier alpha value is -1.07. The van der Waals surface area contributed by atoms with Gasteiger partial charge in [-0.3, -0.25) is 4.79 Å². The molecular weight excluding hydrogens is 239 g/mol. The van der Waals surface area contributed by atoms with Crippen molar-refractivity contribution < 1.29 is 9.18 Å². The van der Waals surface area contributed by atoms with E-state index in [4.69, 9.17) is 5.73 Å². The zero-order valence-corrected chi connectivity index (χ0v) is 10.3. The van der Waals surface area contributed by atoms with E-state index < -0.39 is 5.82 Å². The molecule has 17 heavy (non-hydrogen) atoms. The summed E-state index contributed by atoms with van der Waals surface area (Å²) in [4.78, 5) is 14.1. The summed E-state index contributed by atoms with van der Waals surface area (Å²) in [5, 5.41) is 0. The van der Waals surface area contributed by atoms with E-state index in [0.717, 1.165) is 12.8 Å². The largest absolute Gasteiger partial charge is 0.339 e. The smallest absolute Gasteiger partial charge is 0.253 e. The Balaban J connectivity index is 2.11. The van der Waals surface area contributed by atoms with Crippen molar-refractivity contribution in [2.24, 2.45) is 5.73 Å². The van der Waals surface area contributed by atoms with Crippen LogP contribution in [-0.2, 0) is 0 Å². The number of hydrogen-bond acceptors (Lipinski definition) is 3. The fourth-order valence-electron chi connectivity index (χ4n) is 1.93. The highest BCUT2D eigenvalue weighted by Crippen LogP contribution is 2.17. The van der Waals surface area contributed by atoms with Gasteiger partial charge in [-0.05, 0) is 31.0 Å². The first-order valence-electron chi connectivity index (χ1n) is 5.61. The average Bonchev–Trinajstić information content (AvgIpc) is 2.33. The zero-order chi connectivity index (χ0) is 12.4. The van der Waals surface area contributed by atoms with Gasteiger partial charge in [0.2, 0.25) is 0 Å². The standard InChI is InChI=1S/C12H15FN2OS/c13-10-2-1-8(7-11(10)17)12(16)15-5-3-9(14)4-6-15/h1-2,7,9,17H,3-6,14H2. The molecule has 3 nitrogen and oxygen atoms in total. The number of piperidine rings is 1.